The molecule has 25 heavy (non-hydrogen) atoms. The van der Waals surface area contributed by atoms with E-state index in [0.29, 0.717) is 31.2 Å². The van der Waals surface area contributed by atoms with E-state index in [1.54, 1.807) is 0 Å². The average molecular weight is 359 g/mol. The fourth-order valence-electron chi connectivity index (χ4n) is 3.38. The SMILES string of the molecule is Cc1c(Cl)cccc1CC(=O)CCc1nnc(C2CNC2)n1C1CC1. The van der Waals surface area contributed by atoms with E-state index >= 15 is 0 Å². The molecule has 5 nitrogen and oxygen atoms in total. The van der Waals surface area contributed by atoms with Gasteiger partial charge in [-0.1, -0.05) is 23.7 Å². The molecule has 1 aliphatic heterocycles. The first-order valence-corrected chi connectivity index (χ1v) is 9.41. The van der Waals surface area contributed by atoms with Crippen LogP contribution in [0, 0.1) is 6.92 Å². The second kappa shape index (κ2) is 6.89. The summed E-state index contributed by atoms with van der Waals surface area (Å²) in [5.74, 6) is 2.78. The molecule has 1 saturated heterocycles. The van der Waals surface area contributed by atoms with Gasteiger partial charge in [0.25, 0.3) is 0 Å². The number of benzene rings is 1. The highest BCUT2D eigenvalue weighted by Gasteiger charge is 2.34. The fraction of sp³-hybridized carbons (Fsp3) is 0.526. The zero-order valence-electron chi connectivity index (χ0n) is 14.5. The molecule has 0 bridgehead atoms. The molecule has 6 heteroatoms. The van der Waals surface area contributed by atoms with Gasteiger partial charge in [-0.3, -0.25) is 4.79 Å². The van der Waals surface area contributed by atoms with Crippen molar-refractivity contribution in [2.24, 2.45) is 0 Å². The van der Waals surface area contributed by atoms with Gasteiger partial charge in [-0.05, 0) is 37.0 Å². The van der Waals surface area contributed by atoms with Crippen molar-refractivity contribution < 1.29 is 4.79 Å². The number of hydrogen-bond donors (Lipinski definition) is 1. The van der Waals surface area contributed by atoms with Crippen LogP contribution in [0.1, 0.15) is 54.0 Å². The maximum Gasteiger partial charge on any atom is 0.138 e. The van der Waals surface area contributed by atoms with E-state index in [2.05, 4.69) is 20.1 Å². The van der Waals surface area contributed by atoms with Crippen molar-refractivity contribution in [1.82, 2.24) is 20.1 Å². The highest BCUT2D eigenvalue weighted by Crippen LogP contribution is 2.38. The Labute approximate surface area is 152 Å². The monoisotopic (exact) mass is 358 g/mol. The Morgan fingerprint density at radius 2 is 2.12 bits per heavy atom. The second-order valence-corrected chi connectivity index (χ2v) is 7.58. The summed E-state index contributed by atoms with van der Waals surface area (Å²) in [5.41, 5.74) is 2.01. The number of nitrogens with one attached hydrogen (secondary N) is 1. The molecule has 0 spiro atoms. The third-order valence-electron chi connectivity index (χ3n) is 5.25. The van der Waals surface area contributed by atoms with Gasteiger partial charge in [0, 0.05) is 49.3 Å². The molecule has 2 aromatic rings. The van der Waals surface area contributed by atoms with Gasteiger partial charge in [-0.15, -0.1) is 10.2 Å². The van der Waals surface area contributed by atoms with Gasteiger partial charge in [-0.25, -0.2) is 0 Å². The Bertz CT molecular complexity index is 793. The van der Waals surface area contributed by atoms with Gasteiger partial charge >= 0.3 is 0 Å². The molecule has 132 valence electrons. The molecule has 1 saturated carbocycles. The molecule has 1 N–H and O–H groups in total. The molecular weight excluding hydrogens is 336 g/mol. The lowest BCUT2D eigenvalue weighted by atomic mass is 10.0. The zero-order chi connectivity index (χ0) is 17.4. The van der Waals surface area contributed by atoms with Crippen LogP contribution >= 0.6 is 11.6 Å². The molecule has 2 fully saturated rings. The molecule has 2 aliphatic rings. The molecular formula is C19H23ClN4O. The van der Waals surface area contributed by atoms with Gasteiger partial charge in [0.05, 0.1) is 0 Å². The minimum Gasteiger partial charge on any atom is -0.315 e. The smallest absolute Gasteiger partial charge is 0.138 e. The van der Waals surface area contributed by atoms with E-state index in [1.165, 1.54) is 12.8 Å². The van der Waals surface area contributed by atoms with Gasteiger partial charge in [0.2, 0.25) is 0 Å². The zero-order valence-corrected chi connectivity index (χ0v) is 15.2. The Morgan fingerprint density at radius 1 is 1.32 bits per heavy atom. The Morgan fingerprint density at radius 3 is 2.80 bits per heavy atom. The summed E-state index contributed by atoms with van der Waals surface area (Å²) in [6.07, 6.45) is 4.01. The topological polar surface area (TPSA) is 59.8 Å². The van der Waals surface area contributed by atoms with Crippen LogP contribution in [0.2, 0.25) is 5.02 Å². The van der Waals surface area contributed by atoms with Crippen molar-refractivity contribution in [3.05, 3.63) is 46.0 Å². The molecule has 1 aromatic carbocycles. The highest BCUT2D eigenvalue weighted by molar-refractivity contribution is 6.31. The van der Waals surface area contributed by atoms with Crippen LogP contribution in [0.4, 0.5) is 0 Å². The molecule has 1 aromatic heterocycles. The summed E-state index contributed by atoms with van der Waals surface area (Å²) < 4.78 is 2.31. The summed E-state index contributed by atoms with van der Waals surface area (Å²) in [5, 5.41) is 12.9. The van der Waals surface area contributed by atoms with Crippen LogP contribution < -0.4 is 5.32 Å². The second-order valence-electron chi connectivity index (χ2n) is 7.17. The van der Waals surface area contributed by atoms with Gasteiger partial charge in [0.15, 0.2) is 0 Å². The van der Waals surface area contributed by atoms with E-state index in [0.717, 1.165) is 40.9 Å². The first-order chi connectivity index (χ1) is 12.1. The predicted molar refractivity (Wildman–Crippen MR) is 97.1 cm³/mol. The summed E-state index contributed by atoms with van der Waals surface area (Å²) >= 11 is 6.15. The molecule has 4 rings (SSSR count). The third-order valence-corrected chi connectivity index (χ3v) is 5.66. The Balaban J connectivity index is 1.42. The number of aromatic nitrogens is 3. The number of Topliss-reactive ketones (excluding diaryl/α,β-unsaturated/α-hetero) is 1. The van der Waals surface area contributed by atoms with Crippen LogP contribution in [0.25, 0.3) is 0 Å². The largest absolute Gasteiger partial charge is 0.315 e. The van der Waals surface area contributed by atoms with Crippen molar-refractivity contribution in [2.75, 3.05) is 13.1 Å². The van der Waals surface area contributed by atoms with E-state index in [1.807, 2.05) is 25.1 Å². The lowest BCUT2D eigenvalue weighted by Crippen LogP contribution is -2.41. The van der Waals surface area contributed by atoms with Crippen molar-refractivity contribution in [3.8, 4) is 0 Å². The minimum atomic E-state index is 0.225. The van der Waals surface area contributed by atoms with Gasteiger partial charge < -0.3 is 9.88 Å². The first-order valence-electron chi connectivity index (χ1n) is 9.03. The molecule has 1 aliphatic carbocycles. The van der Waals surface area contributed by atoms with E-state index in [-0.39, 0.29) is 5.78 Å². The highest BCUT2D eigenvalue weighted by atomic mass is 35.5. The molecule has 2 heterocycles. The summed E-state index contributed by atoms with van der Waals surface area (Å²) in [4.78, 5) is 12.4. The van der Waals surface area contributed by atoms with E-state index in [4.69, 9.17) is 11.6 Å². The average Bonchev–Trinajstić information content (AvgIpc) is 3.30. The number of halogens is 1. The van der Waals surface area contributed by atoms with E-state index in [9.17, 15) is 4.79 Å². The molecule has 0 amide bonds. The van der Waals surface area contributed by atoms with Gasteiger partial charge in [0.1, 0.15) is 17.4 Å². The lowest BCUT2D eigenvalue weighted by Gasteiger charge is -2.26. The molecule has 0 unspecified atom stereocenters. The fourth-order valence-corrected chi connectivity index (χ4v) is 3.58. The van der Waals surface area contributed by atoms with Crippen LogP contribution in [-0.2, 0) is 17.6 Å². The van der Waals surface area contributed by atoms with E-state index < -0.39 is 0 Å². The van der Waals surface area contributed by atoms with Crippen LogP contribution in [-0.4, -0.2) is 33.6 Å². The maximum absolute atomic E-state index is 12.4. The number of carbonyl (C=O) groups is 1. The quantitative estimate of drug-likeness (QED) is 0.826. The Kier molecular flexibility index (Phi) is 4.61. The van der Waals surface area contributed by atoms with Crippen molar-refractivity contribution >= 4 is 17.4 Å². The minimum absolute atomic E-state index is 0.225. The standard InChI is InChI=1S/C19H23ClN4O/c1-12-13(3-2-4-17(12)20)9-16(25)7-8-18-22-23-19(14-10-21-11-14)24(18)15-5-6-15/h2-4,14-15,21H,5-11H2,1H3. The lowest BCUT2D eigenvalue weighted by molar-refractivity contribution is -0.118. The summed E-state index contributed by atoms with van der Waals surface area (Å²) in [6, 6.07) is 6.29. The number of ketones is 1. The third kappa shape index (κ3) is 3.48. The van der Waals surface area contributed by atoms with Crippen molar-refractivity contribution in [2.45, 2.75) is 51.0 Å². The van der Waals surface area contributed by atoms with Crippen molar-refractivity contribution in [3.63, 3.8) is 0 Å². The summed E-state index contributed by atoms with van der Waals surface area (Å²) in [6.45, 7) is 3.93. The number of carbonyl (C=O) groups excluding carboxylic acids is 1. The number of nitrogens with zero attached hydrogens (tertiary/aromatic N) is 3. The normalized spacial score (nSPS) is 17.5. The first kappa shape index (κ1) is 16.7. The number of rotatable bonds is 7. The maximum atomic E-state index is 12.4. The van der Waals surface area contributed by atoms with Crippen LogP contribution in [0.3, 0.4) is 0 Å². The number of aryl methyl sites for hydroxylation is 1. The van der Waals surface area contributed by atoms with Gasteiger partial charge in [-0.2, -0.15) is 0 Å². The molecule has 0 atom stereocenters. The number of hydrogen-bond acceptors (Lipinski definition) is 4. The Hall–Kier alpha value is -1.72. The summed E-state index contributed by atoms with van der Waals surface area (Å²) in [7, 11) is 0. The van der Waals surface area contributed by atoms with Crippen LogP contribution in [0.15, 0.2) is 18.2 Å². The van der Waals surface area contributed by atoms with Crippen molar-refractivity contribution in [1.29, 1.82) is 0 Å². The van der Waals surface area contributed by atoms with Crippen LogP contribution in [0.5, 0.6) is 0 Å². The predicted octanol–water partition coefficient (Wildman–Crippen LogP) is 3.01. The molecule has 0 radical (unpaired) electrons.